The molecule has 0 radical (unpaired) electrons. The number of esters is 2. The monoisotopic (exact) mass is 500 g/mol. The highest BCUT2D eigenvalue weighted by Crippen LogP contribution is 2.45. The Balaban J connectivity index is 1.65. The van der Waals surface area contributed by atoms with Crippen molar-refractivity contribution in [1.82, 2.24) is 0 Å². The van der Waals surface area contributed by atoms with E-state index in [9.17, 15) is 9.59 Å². The van der Waals surface area contributed by atoms with Crippen LogP contribution in [0.2, 0.25) is 0 Å². The van der Waals surface area contributed by atoms with Gasteiger partial charge in [-0.2, -0.15) is 0 Å². The van der Waals surface area contributed by atoms with Gasteiger partial charge in [-0.1, -0.05) is 91.8 Å². The summed E-state index contributed by atoms with van der Waals surface area (Å²) in [6, 6.07) is 12.0. The summed E-state index contributed by atoms with van der Waals surface area (Å²) in [5.41, 5.74) is 5.28. The van der Waals surface area contributed by atoms with Gasteiger partial charge in [-0.05, 0) is 64.5 Å². The van der Waals surface area contributed by atoms with E-state index in [1.54, 1.807) is 0 Å². The lowest BCUT2D eigenvalue weighted by molar-refractivity contribution is -0.133. The van der Waals surface area contributed by atoms with Crippen molar-refractivity contribution < 1.29 is 19.1 Å². The fourth-order valence-electron chi connectivity index (χ4n) is 5.30. The van der Waals surface area contributed by atoms with Crippen molar-refractivity contribution in [2.45, 2.75) is 85.5 Å². The van der Waals surface area contributed by atoms with Crippen LogP contribution in [0.25, 0.3) is 0 Å². The summed E-state index contributed by atoms with van der Waals surface area (Å²) in [6.45, 7) is 17.0. The molecule has 4 nitrogen and oxygen atoms in total. The second-order valence-corrected chi connectivity index (χ2v) is 11.7. The van der Waals surface area contributed by atoms with Gasteiger partial charge < -0.3 is 9.47 Å². The summed E-state index contributed by atoms with van der Waals surface area (Å²) in [4.78, 5) is 27.1. The molecule has 0 fully saturated rings. The first-order chi connectivity index (χ1) is 17.5. The molecule has 0 aliphatic heterocycles. The Morgan fingerprint density at radius 1 is 0.622 bits per heavy atom. The average Bonchev–Trinajstić information content (AvgIpc) is 3.46. The lowest BCUT2D eigenvalue weighted by Gasteiger charge is -2.19. The zero-order valence-corrected chi connectivity index (χ0v) is 23.4. The molecule has 0 saturated carbocycles. The maximum absolute atomic E-state index is 13.5. The summed E-state index contributed by atoms with van der Waals surface area (Å²) >= 11 is 0. The zero-order valence-electron chi connectivity index (χ0n) is 23.4. The first kappa shape index (κ1) is 26.9. The largest absolute Gasteiger partial charge is 0.423 e. The lowest BCUT2D eigenvalue weighted by atomic mass is 9.94. The van der Waals surface area contributed by atoms with Crippen molar-refractivity contribution in [3.05, 3.63) is 82.0 Å². The molecule has 0 N–H and O–H groups in total. The van der Waals surface area contributed by atoms with E-state index < -0.39 is 11.9 Å². The minimum Gasteiger partial charge on any atom is -0.423 e. The van der Waals surface area contributed by atoms with Crippen molar-refractivity contribution in [2.24, 2.45) is 11.8 Å². The Bertz CT molecular complexity index is 1160. The molecule has 196 valence electrons. The Labute approximate surface area is 221 Å². The molecule has 0 amide bonds. The second kappa shape index (κ2) is 10.7. The number of carbonyl (C=O) groups is 2. The molecule has 0 spiro atoms. The molecule has 0 saturated heterocycles. The summed E-state index contributed by atoms with van der Waals surface area (Å²) in [7, 11) is 0. The maximum atomic E-state index is 13.5. The molecule has 0 aromatic heterocycles. The van der Waals surface area contributed by atoms with Crippen LogP contribution in [0.15, 0.2) is 59.7 Å². The first-order valence-corrected chi connectivity index (χ1v) is 13.6. The quantitative estimate of drug-likeness (QED) is 0.208. The topological polar surface area (TPSA) is 52.6 Å². The van der Waals surface area contributed by atoms with Gasteiger partial charge in [0.1, 0.15) is 11.5 Å². The number of rotatable bonds is 8. The van der Waals surface area contributed by atoms with E-state index in [2.05, 4.69) is 67.5 Å². The molecule has 2 aliphatic carbocycles. The fraction of sp³-hybridized carbons (Fsp3) is 0.455. The molecule has 2 unspecified atom stereocenters. The molecule has 4 rings (SSSR count). The number of benzene rings is 2. The predicted octanol–water partition coefficient (Wildman–Crippen LogP) is 8.19. The SMILES string of the molecule is CC(C)c1ccc(OC(=O)C2=C(C(=O)Oc3ccc(C(C)C)cc3C(C)C)C3C=CC2C3)c(C(C)C)c1. The lowest BCUT2D eigenvalue weighted by Crippen LogP contribution is -2.23. The molecule has 0 heterocycles. The van der Waals surface area contributed by atoms with Crippen LogP contribution in [-0.4, -0.2) is 11.9 Å². The summed E-state index contributed by atoms with van der Waals surface area (Å²) < 4.78 is 11.9. The van der Waals surface area contributed by atoms with Crippen molar-refractivity contribution in [1.29, 1.82) is 0 Å². The minimum atomic E-state index is -0.456. The van der Waals surface area contributed by atoms with Gasteiger partial charge in [0.05, 0.1) is 11.1 Å². The molecule has 4 heteroatoms. The molecule has 37 heavy (non-hydrogen) atoms. The molecule has 2 aromatic carbocycles. The average molecular weight is 501 g/mol. The van der Waals surface area contributed by atoms with E-state index in [0.717, 1.165) is 11.1 Å². The van der Waals surface area contributed by atoms with Gasteiger partial charge in [-0.3, -0.25) is 0 Å². The van der Waals surface area contributed by atoms with Crippen LogP contribution in [0.4, 0.5) is 0 Å². The van der Waals surface area contributed by atoms with Gasteiger partial charge in [0.2, 0.25) is 0 Å². The maximum Gasteiger partial charge on any atom is 0.340 e. The van der Waals surface area contributed by atoms with E-state index in [1.807, 2.05) is 36.4 Å². The predicted molar refractivity (Wildman–Crippen MR) is 148 cm³/mol. The van der Waals surface area contributed by atoms with Gasteiger partial charge in [0.15, 0.2) is 0 Å². The first-order valence-electron chi connectivity index (χ1n) is 13.6. The van der Waals surface area contributed by atoms with Crippen molar-refractivity contribution in [3.63, 3.8) is 0 Å². The number of fused-ring (bicyclic) bond motifs is 2. The van der Waals surface area contributed by atoms with Crippen molar-refractivity contribution in [3.8, 4) is 11.5 Å². The number of hydrogen-bond acceptors (Lipinski definition) is 4. The highest BCUT2D eigenvalue weighted by molar-refractivity contribution is 6.04. The normalized spacial score (nSPS) is 18.6. The standard InChI is InChI=1S/C33H40O4/c1-18(2)22-11-13-28(26(16-22)20(5)6)36-32(34)30-24-9-10-25(15-24)31(30)33(35)37-29-14-12-23(19(3)4)17-27(29)21(7)8/h9-14,16-21,24-25H,15H2,1-8H3. The van der Waals surface area contributed by atoms with Crippen molar-refractivity contribution >= 4 is 11.9 Å². The number of carbonyl (C=O) groups excluding carboxylic acids is 2. The van der Waals surface area contributed by atoms with Crippen molar-refractivity contribution in [2.75, 3.05) is 0 Å². The van der Waals surface area contributed by atoms with E-state index in [0.29, 0.717) is 40.9 Å². The van der Waals surface area contributed by atoms with Crippen LogP contribution < -0.4 is 9.47 Å². The van der Waals surface area contributed by atoms with Crippen LogP contribution in [0, 0.1) is 11.8 Å². The fourth-order valence-corrected chi connectivity index (χ4v) is 5.30. The Kier molecular flexibility index (Phi) is 7.77. The van der Waals surface area contributed by atoms with Crippen LogP contribution in [0.5, 0.6) is 11.5 Å². The van der Waals surface area contributed by atoms with Gasteiger partial charge in [-0.15, -0.1) is 0 Å². The molecular weight excluding hydrogens is 460 g/mol. The van der Waals surface area contributed by atoms with E-state index in [-0.39, 0.29) is 23.7 Å². The smallest absolute Gasteiger partial charge is 0.340 e. The highest BCUT2D eigenvalue weighted by Gasteiger charge is 2.43. The Morgan fingerprint density at radius 3 is 1.32 bits per heavy atom. The third kappa shape index (κ3) is 5.44. The van der Waals surface area contributed by atoms with Gasteiger partial charge >= 0.3 is 11.9 Å². The minimum absolute atomic E-state index is 0.120. The number of hydrogen-bond donors (Lipinski definition) is 0. The number of allylic oxidation sites excluding steroid dienone is 2. The van der Waals surface area contributed by atoms with Gasteiger partial charge in [0, 0.05) is 11.8 Å². The van der Waals surface area contributed by atoms with Crippen LogP contribution in [-0.2, 0) is 9.59 Å². The van der Waals surface area contributed by atoms with Gasteiger partial charge in [-0.25, -0.2) is 9.59 Å². The molecular formula is C33H40O4. The van der Waals surface area contributed by atoms with E-state index in [4.69, 9.17) is 9.47 Å². The Hall–Kier alpha value is -3.14. The second-order valence-electron chi connectivity index (χ2n) is 11.7. The highest BCUT2D eigenvalue weighted by atomic mass is 16.5. The summed E-state index contributed by atoms with van der Waals surface area (Å²) in [5.74, 6) is 1.12. The summed E-state index contributed by atoms with van der Waals surface area (Å²) in [5, 5.41) is 0. The third-order valence-electron chi connectivity index (χ3n) is 7.61. The Morgan fingerprint density at radius 2 is 1.00 bits per heavy atom. The molecule has 2 aromatic rings. The summed E-state index contributed by atoms with van der Waals surface area (Å²) in [6.07, 6.45) is 4.74. The molecule has 2 aliphatic rings. The van der Waals surface area contributed by atoms with Crippen LogP contribution in [0.1, 0.15) is 108 Å². The van der Waals surface area contributed by atoms with Crippen LogP contribution in [0.3, 0.4) is 0 Å². The van der Waals surface area contributed by atoms with E-state index in [1.165, 1.54) is 11.1 Å². The molecule has 2 atom stereocenters. The van der Waals surface area contributed by atoms with Crippen LogP contribution >= 0.6 is 0 Å². The number of ether oxygens (including phenoxy) is 2. The third-order valence-corrected chi connectivity index (χ3v) is 7.61. The molecule has 2 bridgehead atoms. The van der Waals surface area contributed by atoms with E-state index >= 15 is 0 Å². The zero-order chi connectivity index (χ0) is 27.0. The van der Waals surface area contributed by atoms with Gasteiger partial charge in [0.25, 0.3) is 0 Å².